The number of alkyl halides is 3. The number of piperazine rings is 1. The Kier molecular flexibility index (Phi) is 6.59. The van der Waals surface area contributed by atoms with E-state index in [4.69, 9.17) is 5.73 Å². The maximum atomic E-state index is 14.1. The number of carbonyl (C=O) groups excluding carboxylic acids is 2. The molecule has 5 rings (SSSR count). The number of nitrogen functional groups attached to an aromatic ring is 1. The van der Waals surface area contributed by atoms with Crippen molar-refractivity contribution < 1.29 is 22.8 Å². The molecule has 0 bridgehead atoms. The fourth-order valence-corrected chi connectivity index (χ4v) is 6.23. The van der Waals surface area contributed by atoms with Gasteiger partial charge in [-0.25, -0.2) is 9.50 Å². The van der Waals surface area contributed by atoms with Crippen LogP contribution in [0.5, 0.6) is 0 Å². The minimum Gasteiger partial charge on any atom is -0.382 e. The predicted molar refractivity (Wildman–Crippen MR) is 164 cm³/mol. The van der Waals surface area contributed by atoms with E-state index in [0.717, 1.165) is 4.68 Å². The second kappa shape index (κ2) is 9.43. The highest BCUT2D eigenvalue weighted by molar-refractivity contribution is 6.58. The number of nitrogens with zero attached hydrogens (tertiary/aromatic N) is 7. The van der Waals surface area contributed by atoms with Crippen molar-refractivity contribution in [3.63, 3.8) is 0 Å². The molecule has 4 heterocycles. The van der Waals surface area contributed by atoms with E-state index in [1.54, 1.807) is 35.8 Å². The lowest BCUT2D eigenvalue weighted by Crippen LogP contribution is -2.85. The zero-order valence-corrected chi connectivity index (χ0v) is 24.5. The maximum absolute atomic E-state index is 14.1. The van der Waals surface area contributed by atoms with Crippen molar-refractivity contribution in [3.8, 4) is 22.5 Å². The molecule has 42 heavy (non-hydrogen) atoms. The summed E-state index contributed by atoms with van der Waals surface area (Å²) in [6.45, 7) is 3.66. The van der Waals surface area contributed by atoms with Crippen LogP contribution >= 0.6 is 0 Å². The van der Waals surface area contributed by atoms with Gasteiger partial charge in [0.05, 0.1) is 11.4 Å². The second-order valence-corrected chi connectivity index (χ2v) is 12.1. The third kappa shape index (κ3) is 4.36. The molecule has 1 aliphatic heterocycles. The van der Waals surface area contributed by atoms with Gasteiger partial charge in [-0.2, -0.15) is 23.4 Å². The van der Waals surface area contributed by atoms with Crippen molar-refractivity contribution in [2.24, 2.45) is 0 Å². The summed E-state index contributed by atoms with van der Waals surface area (Å²) < 4.78 is 42.3. The van der Waals surface area contributed by atoms with Crippen LogP contribution in [0.15, 0.2) is 48.9 Å². The first-order chi connectivity index (χ1) is 19.4. The highest BCUT2D eigenvalue weighted by Gasteiger charge is 2.60. The average molecular weight is 574 g/mol. The fourth-order valence-electron chi connectivity index (χ4n) is 6.23. The Bertz CT molecular complexity index is 1730. The Labute approximate surface area is 244 Å². The smallest absolute Gasteiger partial charge is 0.382 e. The molecule has 0 spiro atoms. The van der Waals surface area contributed by atoms with Gasteiger partial charge in [0.1, 0.15) is 55.3 Å². The Balaban J connectivity index is 1.68. The number of fused-ring (bicyclic) bond motifs is 1. The highest BCUT2D eigenvalue weighted by atomic mass is 19.4. The molecule has 4 aromatic rings. The summed E-state index contributed by atoms with van der Waals surface area (Å²) in [6.07, 6.45) is -1.92. The first kappa shape index (κ1) is 29.3. The molecular formula is C25H29B4F3N8O2. The minimum atomic E-state index is -4.48. The van der Waals surface area contributed by atoms with Crippen LogP contribution in [0.25, 0.3) is 28.0 Å². The normalized spacial score (nSPS) is 18.0. The van der Waals surface area contributed by atoms with E-state index in [2.05, 4.69) is 15.2 Å². The van der Waals surface area contributed by atoms with Gasteiger partial charge >= 0.3 is 6.18 Å². The summed E-state index contributed by atoms with van der Waals surface area (Å²) in [4.78, 5) is 34.3. The first-order valence-corrected chi connectivity index (χ1v) is 13.4. The number of rotatable bonds is 4. The summed E-state index contributed by atoms with van der Waals surface area (Å²) in [7, 11) is 7.72. The molecule has 1 fully saturated rings. The van der Waals surface area contributed by atoms with E-state index in [1.165, 1.54) is 30.0 Å². The van der Waals surface area contributed by atoms with E-state index in [9.17, 15) is 22.8 Å². The Morgan fingerprint density at radius 2 is 1.71 bits per heavy atom. The van der Waals surface area contributed by atoms with Crippen molar-refractivity contribution in [2.75, 3.05) is 10.6 Å². The molecule has 0 aliphatic carbocycles. The van der Waals surface area contributed by atoms with Gasteiger partial charge in [0, 0.05) is 29.9 Å². The predicted octanol–water partition coefficient (Wildman–Crippen LogP) is -0.782. The summed E-state index contributed by atoms with van der Waals surface area (Å²) >= 11 is 0. The number of hydrogen-bond acceptors (Lipinski definition) is 6. The molecule has 1 aliphatic rings. The van der Waals surface area contributed by atoms with Gasteiger partial charge in [-0.1, -0.05) is 12.1 Å². The van der Waals surface area contributed by atoms with Gasteiger partial charge in [-0.05, 0) is 48.8 Å². The van der Waals surface area contributed by atoms with Gasteiger partial charge in [-0.15, -0.1) is 0 Å². The van der Waals surface area contributed by atoms with Crippen LogP contribution in [0.3, 0.4) is 0 Å². The maximum Gasteiger partial charge on any atom is 0.408 e. The van der Waals surface area contributed by atoms with Gasteiger partial charge in [0.25, 0.3) is 5.91 Å². The lowest BCUT2D eigenvalue weighted by atomic mass is 9.35. The monoisotopic (exact) mass is 574 g/mol. The van der Waals surface area contributed by atoms with E-state index in [0.29, 0.717) is 28.0 Å². The number of carbonyl (C=O) groups is 2. The summed E-state index contributed by atoms with van der Waals surface area (Å²) in [5.41, 5.74) is 7.76. The number of hydrogen-bond donors (Lipinski definition) is 1. The molecule has 0 atom stereocenters. The molecule has 10 nitrogen and oxygen atoms in total. The molecule has 2 N–H and O–H groups in total. The largest absolute Gasteiger partial charge is 0.408 e. The van der Waals surface area contributed by atoms with Gasteiger partial charge in [0.2, 0.25) is 5.91 Å². The standard InChI is InChI=1S/C25H29B4F3N8O2/c1-13(41)40-22(2,3)21(42)38(24(26,27)25(40,28)29)15-6-4-5-14(9-15)18-10-16(19-20(33)34-12-36-39(18)19)17-7-8-35-37(17)11-23(30,31)32/h4-10,12H,11,26-29H2,1-3H3,(H2,33,34,36). The molecule has 1 aromatic carbocycles. The zero-order valence-electron chi connectivity index (χ0n) is 24.5. The van der Waals surface area contributed by atoms with Crippen molar-refractivity contribution in [3.05, 3.63) is 48.9 Å². The Morgan fingerprint density at radius 3 is 2.36 bits per heavy atom. The fraction of sp³-hybridized carbons (Fsp3) is 0.320. The molecule has 3 aromatic heterocycles. The number of halogens is 3. The summed E-state index contributed by atoms with van der Waals surface area (Å²) in [5.74, 6) is -0.362. The van der Waals surface area contributed by atoms with Gasteiger partial charge in [-0.3, -0.25) is 14.3 Å². The van der Waals surface area contributed by atoms with Gasteiger partial charge < -0.3 is 15.5 Å². The number of nitrogens with two attached hydrogens (primary N) is 1. The van der Waals surface area contributed by atoms with Crippen molar-refractivity contribution in [1.29, 1.82) is 0 Å². The van der Waals surface area contributed by atoms with Crippen LogP contribution < -0.4 is 10.6 Å². The first-order valence-electron chi connectivity index (χ1n) is 13.4. The SMILES string of the molecule is BC1(B)N(c2cccc(-c3cc(-c4ccnn4CC(F)(F)F)c4c(N)ncnn34)c2)C(=O)C(C)(C)N(C(C)=O)C1(B)B. The zero-order chi connectivity index (χ0) is 31.0. The highest BCUT2D eigenvalue weighted by Crippen LogP contribution is 2.42. The third-order valence-electron chi connectivity index (χ3n) is 8.52. The summed E-state index contributed by atoms with van der Waals surface area (Å²) in [6, 6.07) is 10.4. The molecule has 1 saturated heterocycles. The Hall–Kier alpha value is -4.16. The lowest BCUT2D eigenvalue weighted by molar-refractivity contribution is -0.150. The number of anilines is 2. The second-order valence-electron chi connectivity index (χ2n) is 12.1. The molecular weight excluding hydrogens is 545 g/mol. The average Bonchev–Trinajstić information content (AvgIpc) is 3.46. The molecule has 0 unspecified atom stereocenters. The van der Waals surface area contributed by atoms with Crippen molar-refractivity contribution in [1.82, 2.24) is 29.3 Å². The molecule has 17 heteroatoms. The number of aromatic nitrogens is 5. The molecule has 0 saturated carbocycles. The van der Waals surface area contributed by atoms with E-state index in [-0.39, 0.29) is 23.3 Å². The molecule has 0 radical (unpaired) electrons. The lowest BCUT2D eigenvalue weighted by Gasteiger charge is -2.64. The van der Waals surface area contributed by atoms with Crippen LogP contribution in [0.4, 0.5) is 24.7 Å². The quantitative estimate of drug-likeness (QED) is 0.321. The van der Waals surface area contributed by atoms with Crippen LogP contribution in [0.1, 0.15) is 20.8 Å². The van der Waals surface area contributed by atoms with Crippen LogP contribution in [0.2, 0.25) is 0 Å². The molecule has 2 amide bonds. The van der Waals surface area contributed by atoms with Crippen LogP contribution in [-0.2, 0) is 16.1 Å². The van der Waals surface area contributed by atoms with Crippen LogP contribution in [-0.4, -0.2) is 94.9 Å². The molecule has 214 valence electrons. The van der Waals surface area contributed by atoms with Gasteiger partial charge in [0.15, 0.2) is 5.82 Å². The van der Waals surface area contributed by atoms with Crippen molar-refractivity contribution >= 4 is 60.2 Å². The topological polar surface area (TPSA) is 115 Å². The number of amides is 2. The van der Waals surface area contributed by atoms with E-state index in [1.807, 2.05) is 49.6 Å². The Morgan fingerprint density at radius 1 is 1.02 bits per heavy atom. The minimum absolute atomic E-state index is 0.0855. The third-order valence-corrected chi connectivity index (χ3v) is 8.52. The van der Waals surface area contributed by atoms with E-state index < -0.39 is 28.9 Å². The summed E-state index contributed by atoms with van der Waals surface area (Å²) in [5, 5.41) is 6.66. The number of benzene rings is 1. The van der Waals surface area contributed by atoms with Crippen LogP contribution in [0, 0.1) is 0 Å². The van der Waals surface area contributed by atoms with Crippen molar-refractivity contribution in [2.45, 2.75) is 49.7 Å². The van der Waals surface area contributed by atoms with E-state index >= 15 is 0 Å².